The van der Waals surface area contributed by atoms with Gasteiger partial charge in [-0.25, -0.2) is 0 Å². The summed E-state index contributed by atoms with van der Waals surface area (Å²) in [4.78, 5) is 15.8. The van der Waals surface area contributed by atoms with Crippen LogP contribution in [-0.4, -0.2) is 18.2 Å². The normalized spacial score (nSPS) is 20.7. The highest BCUT2D eigenvalue weighted by Gasteiger charge is 2.26. The first-order valence-electron chi connectivity index (χ1n) is 9.44. The van der Waals surface area contributed by atoms with Gasteiger partial charge in [-0.05, 0) is 61.7 Å². The molecule has 0 aromatic rings. The number of nitrogens with two attached hydrogens (primary N) is 1. The lowest BCUT2D eigenvalue weighted by Crippen LogP contribution is -2.74. The third-order valence-electron chi connectivity index (χ3n) is 4.83. The van der Waals surface area contributed by atoms with Crippen molar-refractivity contribution in [3.05, 3.63) is 58.7 Å². The number of amides is 1. The molecule has 0 atom stereocenters. The van der Waals surface area contributed by atoms with E-state index in [0.717, 1.165) is 5.57 Å². The maximum Gasteiger partial charge on any atom is 0.288 e. The molecule has 0 saturated carbocycles. The van der Waals surface area contributed by atoms with Gasteiger partial charge in [0.05, 0.1) is 0 Å². The number of hydrogen-bond donors (Lipinski definition) is 2. The summed E-state index contributed by atoms with van der Waals surface area (Å²) in [5.74, 6) is 0.0926. The van der Waals surface area contributed by atoms with Crippen molar-refractivity contribution < 1.29 is 10.2 Å². The van der Waals surface area contributed by atoms with Gasteiger partial charge in [0.15, 0.2) is 0 Å². The van der Waals surface area contributed by atoms with Crippen molar-refractivity contribution in [2.45, 2.75) is 53.9 Å². The number of rotatable bonds is 5. The summed E-state index contributed by atoms with van der Waals surface area (Å²) < 4.78 is 0. The largest absolute Gasteiger partial charge is 0.288 e. The minimum absolute atomic E-state index is 0.231. The molecule has 0 aromatic heterocycles. The van der Waals surface area contributed by atoms with E-state index in [1.165, 1.54) is 42.1 Å². The summed E-state index contributed by atoms with van der Waals surface area (Å²) in [5.41, 5.74) is 6.80. The van der Waals surface area contributed by atoms with Crippen LogP contribution in [0.25, 0.3) is 0 Å². The van der Waals surface area contributed by atoms with Crippen molar-refractivity contribution in [1.29, 1.82) is 0 Å². The van der Waals surface area contributed by atoms with Crippen LogP contribution in [-0.2, 0) is 4.79 Å². The van der Waals surface area contributed by atoms with E-state index in [1.807, 2.05) is 19.1 Å². The Morgan fingerprint density at radius 1 is 1.26 bits per heavy atom. The van der Waals surface area contributed by atoms with Crippen molar-refractivity contribution in [3.63, 3.8) is 0 Å². The lowest BCUT2D eigenvalue weighted by Gasteiger charge is -2.32. The molecule has 1 aliphatic carbocycles. The van der Waals surface area contributed by atoms with Crippen LogP contribution in [0.2, 0.25) is 0 Å². The molecule has 5 nitrogen and oxygen atoms in total. The smallest absolute Gasteiger partial charge is 0.286 e. The zero-order chi connectivity index (χ0) is 19.9. The molecular weight excluding hydrogens is 336 g/mol. The zero-order valence-electron chi connectivity index (χ0n) is 17.0. The molecule has 144 valence electrons. The van der Waals surface area contributed by atoms with Gasteiger partial charge in [-0.15, -0.1) is 0 Å². The molecule has 5 heteroatoms. The second-order valence-corrected chi connectivity index (χ2v) is 7.79. The Balaban J connectivity index is 1.94. The fraction of sp³-hybridized carbons (Fsp3) is 0.409. The number of nitrogens with one attached hydrogen (secondary N) is 1. The fourth-order valence-electron chi connectivity index (χ4n) is 3.34. The van der Waals surface area contributed by atoms with Gasteiger partial charge >= 0.3 is 0 Å². The summed E-state index contributed by atoms with van der Waals surface area (Å²) in [5, 5.41) is 6.53. The van der Waals surface area contributed by atoms with Gasteiger partial charge in [-0.3, -0.25) is 10.1 Å². The highest BCUT2D eigenvalue weighted by Crippen LogP contribution is 2.40. The molecule has 3 N–H and O–H groups in total. The third-order valence-corrected chi connectivity index (χ3v) is 4.83. The van der Waals surface area contributed by atoms with Gasteiger partial charge in [0, 0.05) is 6.08 Å². The van der Waals surface area contributed by atoms with E-state index in [2.05, 4.69) is 61.3 Å². The maximum atomic E-state index is 11.9. The van der Waals surface area contributed by atoms with E-state index >= 15 is 0 Å². The van der Waals surface area contributed by atoms with Gasteiger partial charge in [0.25, 0.3) is 11.9 Å². The first-order chi connectivity index (χ1) is 12.8. The second kappa shape index (κ2) is 9.42. The van der Waals surface area contributed by atoms with Crippen LogP contribution in [0.3, 0.4) is 0 Å². The monoisotopic (exact) mass is 367 g/mol. The Kier molecular flexibility index (Phi) is 7.25. The van der Waals surface area contributed by atoms with Crippen molar-refractivity contribution >= 4 is 18.2 Å². The number of carbonyl (C=O) groups excluding carboxylic acids is 1. The summed E-state index contributed by atoms with van der Waals surface area (Å²) >= 11 is 0. The maximum absolute atomic E-state index is 11.9. The predicted octanol–water partition coefficient (Wildman–Crippen LogP) is 3.51. The van der Waals surface area contributed by atoms with Gasteiger partial charge in [0.1, 0.15) is 0 Å². The molecule has 2 aliphatic rings. The van der Waals surface area contributed by atoms with Crippen LogP contribution in [0.1, 0.15) is 53.9 Å². The Labute approximate surface area is 162 Å². The van der Waals surface area contributed by atoms with Crippen molar-refractivity contribution in [2.24, 2.45) is 15.5 Å². The molecule has 0 aromatic carbocycles. The van der Waals surface area contributed by atoms with Gasteiger partial charge in [-0.2, -0.15) is 10.4 Å². The number of hydrogen-bond acceptors (Lipinski definition) is 3. The Morgan fingerprint density at radius 3 is 2.70 bits per heavy atom. The number of nitrogens with zero attached hydrogens (tertiary/aromatic N) is 2. The highest BCUT2D eigenvalue weighted by molar-refractivity contribution is 6.04. The van der Waals surface area contributed by atoms with E-state index in [9.17, 15) is 4.79 Å². The van der Waals surface area contributed by atoms with E-state index in [4.69, 9.17) is 0 Å². The first-order valence-corrected chi connectivity index (χ1v) is 9.44. The molecular formula is C22H31N4O+. The molecule has 2 rings (SSSR count). The lowest BCUT2D eigenvalue weighted by molar-refractivity contribution is -0.532. The van der Waals surface area contributed by atoms with Crippen LogP contribution in [0.5, 0.6) is 0 Å². The second-order valence-electron chi connectivity index (χ2n) is 7.79. The van der Waals surface area contributed by atoms with Crippen molar-refractivity contribution in [2.75, 3.05) is 0 Å². The number of guanidine groups is 1. The van der Waals surface area contributed by atoms with Crippen LogP contribution >= 0.6 is 0 Å². The molecule has 1 amide bonds. The van der Waals surface area contributed by atoms with Gasteiger partial charge in [-0.1, -0.05) is 55.4 Å². The molecule has 27 heavy (non-hydrogen) atoms. The third kappa shape index (κ3) is 6.61. The summed E-state index contributed by atoms with van der Waals surface area (Å²) in [6.07, 6.45) is 17.2. The molecule has 1 aliphatic heterocycles. The molecule has 0 unspecified atom stereocenters. The molecule has 0 spiro atoms. The van der Waals surface area contributed by atoms with Crippen LogP contribution < -0.4 is 10.7 Å². The van der Waals surface area contributed by atoms with Crippen LogP contribution in [0, 0.1) is 5.41 Å². The predicted molar refractivity (Wildman–Crippen MR) is 112 cm³/mol. The fourth-order valence-corrected chi connectivity index (χ4v) is 3.34. The zero-order valence-corrected chi connectivity index (χ0v) is 17.0. The Morgan fingerprint density at radius 2 is 2.04 bits per heavy atom. The highest BCUT2D eigenvalue weighted by atomic mass is 16.1. The number of carbonyl (C=O) groups is 1. The molecule has 1 heterocycles. The van der Waals surface area contributed by atoms with E-state index in [1.54, 1.807) is 11.8 Å². The molecule has 0 fully saturated rings. The standard InChI is InChI=1S/C22H30N4O/c1-16(11-12-19-18(3)10-7-13-22(19,4)5)8-6-9-17(2)14-20(27)25-21-23-15-24-26-21/h6,8-9,11-12,14-15H,7,10,13H2,1-5H3,(H2,23,24,25,26,27)/p+1/b9-6+,12-11+,16-8+,17-14+. The van der Waals surface area contributed by atoms with E-state index in [0.29, 0.717) is 5.96 Å². The summed E-state index contributed by atoms with van der Waals surface area (Å²) in [6, 6.07) is 0. The summed E-state index contributed by atoms with van der Waals surface area (Å²) in [7, 11) is 0. The number of quaternary nitrogens is 1. The average Bonchev–Trinajstić information content (AvgIpc) is 3.06. The quantitative estimate of drug-likeness (QED) is 0.436. The van der Waals surface area contributed by atoms with Gasteiger partial charge < -0.3 is 0 Å². The SMILES string of the molecule is CC1=C(/C=C/C(C)=C/C=C/C(C)=C/C(=O)NC2=N[NH2+]C=N2)C(C)(C)CCC1. The minimum Gasteiger partial charge on any atom is -0.286 e. The minimum atomic E-state index is -0.231. The Hall–Kier alpha value is -2.53. The number of allylic oxidation sites excluding steroid dienone is 9. The Bertz CT molecular complexity index is 789. The van der Waals surface area contributed by atoms with Crippen molar-refractivity contribution in [3.8, 4) is 0 Å². The van der Waals surface area contributed by atoms with Crippen LogP contribution in [0.15, 0.2) is 68.8 Å². The van der Waals surface area contributed by atoms with E-state index < -0.39 is 0 Å². The van der Waals surface area contributed by atoms with Crippen molar-refractivity contribution in [1.82, 2.24) is 5.32 Å². The molecule has 0 radical (unpaired) electrons. The summed E-state index contributed by atoms with van der Waals surface area (Å²) in [6.45, 7) is 10.9. The van der Waals surface area contributed by atoms with Crippen LogP contribution in [0.4, 0.5) is 0 Å². The topological polar surface area (TPSA) is 70.4 Å². The average molecular weight is 368 g/mol. The lowest BCUT2D eigenvalue weighted by atomic mass is 9.72. The van der Waals surface area contributed by atoms with Gasteiger partial charge in [0.2, 0.25) is 6.34 Å². The molecule has 0 bridgehead atoms. The number of aliphatic imine (C=N–C) groups is 1. The van der Waals surface area contributed by atoms with E-state index in [-0.39, 0.29) is 11.3 Å². The first kappa shape index (κ1) is 20.8. The molecule has 0 saturated heterocycles.